The first-order valence-electron chi connectivity index (χ1n) is 9.40. The fourth-order valence-corrected chi connectivity index (χ4v) is 3.52. The second-order valence-corrected chi connectivity index (χ2v) is 6.98. The number of para-hydroxylation sites is 1. The Bertz CT molecular complexity index is 698. The largest absolute Gasteiger partial charge is 0.383 e. The van der Waals surface area contributed by atoms with Crippen molar-refractivity contribution in [3.05, 3.63) is 53.7 Å². The molecule has 0 amide bonds. The summed E-state index contributed by atoms with van der Waals surface area (Å²) >= 11 is 0. The third-order valence-electron chi connectivity index (χ3n) is 4.96. The molecule has 3 rings (SSSR count). The smallest absolute Gasteiger partial charge is 0.133 e. The summed E-state index contributed by atoms with van der Waals surface area (Å²) in [4.78, 5) is 9.57. The van der Waals surface area contributed by atoms with Gasteiger partial charge in [-0.3, -0.25) is 0 Å². The highest BCUT2D eigenvalue weighted by molar-refractivity contribution is 5.55. The Morgan fingerprint density at radius 3 is 2.54 bits per heavy atom. The molecule has 1 atom stereocenters. The van der Waals surface area contributed by atoms with Gasteiger partial charge in [0, 0.05) is 63.3 Å². The highest BCUT2D eigenvalue weighted by Crippen LogP contribution is 2.24. The number of nitrogens with one attached hydrogen (secondary N) is 1. The number of hydrogen-bond donors (Lipinski definition) is 1. The molecule has 0 aliphatic carbocycles. The van der Waals surface area contributed by atoms with Crippen molar-refractivity contribution in [1.29, 1.82) is 0 Å². The Kier molecular flexibility index (Phi) is 6.47. The van der Waals surface area contributed by atoms with E-state index < -0.39 is 0 Å². The Labute approximate surface area is 157 Å². The average molecular weight is 354 g/mol. The first kappa shape index (κ1) is 18.7. The minimum Gasteiger partial charge on any atom is -0.383 e. The monoisotopic (exact) mass is 354 g/mol. The van der Waals surface area contributed by atoms with E-state index in [0.29, 0.717) is 12.6 Å². The number of hydrogen-bond acceptors (Lipinski definition) is 5. The van der Waals surface area contributed by atoms with Gasteiger partial charge < -0.3 is 19.9 Å². The number of piperazine rings is 1. The molecule has 5 heteroatoms. The summed E-state index contributed by atoms with van der Waals surface area (Å²) in [5.74, 6) is 1.11. The summed E-state index contributed by atoms with van der Waals surface area (Å²) in [6.45, 7) is 9.88. The van der Waals surface area contributed by atoms with Crippen LogP contribution in [0.5, 0.6) is 0 Å². The molecule has 0 radical (unpaired) electrons. The van der Waals surface area contributed by atoms with Crippen LogP contribution in [-0.2, 0) is 11.3 Å². The zero-order valence-corrected chi connectivity index (χ0v) is 16.1. The molecule has 1 aromatic heterocycles. The lowest BCUT2D eigenvalue weighted by atomic mass is 10.1. The normalized spacial score (nSPS) is 16.0. The molecule has 1 fully saturated rings. The summed E-state index contributed by atoms with van der Waals surface area (Å²) in [7, 11) is 1.74. The molecule has 2 aromatic rings. The van der Waals surface area contributed by atoms with E-state index in [2.05, 4.69) is 64.3 Å². The van der Waals surface area contributed by atoms with Crippen molar-refractivity contribution in [2.75, 3.05) is 49.7 Å². The summed E-state index contributed by atoms with van der Waals surface area (Å²) in [6.07, 6.45) is 1.89. The topological polar surface area (TPSA) is 40.6 Å². The van der Waals surface area contributed by atoms with Gasteiger partial charge in [0.1, 0.15) is 5.82 Å². The first-order valence-corrected chi connectivity index (χ1v) is 9.40. The predicted molar refractivity (Wildman–Crippen MR) is 108 cm³/mol. The molecule has 1 aliphatic heterocycles. The van der Waals surface area contributed by atoms with Crippen LogP contribution in [0.1, 0.15) is 18.1 Å². The van der Waals surface area contributed by atoms with Crippen LogP contribution in [0.2, 0.25) is 0 Å². The summed E-state index contributed by atoms with van der Waals surface area (Å²) < 4.78 is 5.21. The van der Waals surface area contributed by atoms with Crippen LogP contribution in [0, 0.1) is 6.92 Å². The summed E-state index contributed by atoms with van der Waals surface area (Å²) in [5.41, 5.74) is 3.94. The number of rotatable bonds is 7. The van der Waals surface area contributed by atoms with Crippen LogP contribution < -0.4 is 15.1 Å². The van der Waals surface area contributed by atoms with Gasteiger partial charge in [-0.25, -0.2) is 4.98 Å². The highest BCUT2D eigenvalue weighted by atomic mass is 16.5. The summed E-state index contributed by atoms with van der Waals surface area (Å²) in [5, 5.41) is 3.52. The van der Waals surface area contributed by atoms with Gasteiger partial charge in [-0.2, -0.15) is 0 Å². The predicted octanol–water partition coefficient (Wildman–Crippen LogP) is 2.84. The second kappa shape index (κ2) is 9.01. The van der Waals surface area contributed by atoms with Crippen LogP contribution in [-0.4, -0.2) is 50.9 Å². The fraction of sp³-hybridized carbons (Fsp3) is 0.476. The number of aryl methyl sites for hydroxylation is 1. The maximum absolute atomic E-state index is 5.21. The van der Waals surface area contributed by atoms with Gasteiger partial charge >= 0.3 is 0 Å². The fourth-order valence-electron chi connectivity index (χ4n) is 3.52. The van der Waals surface area contributed by atoms with Crippen molar-refractivity contribution in [1.82, 2.24) is 10.3 Å². The van der Waals surface area contributed by atoms with Gasteiger partial charge in [-0.05, 0) is 31.5 Å². The standard InChI is InChI=1S/C21H30N4O/c1-17-7-4-5-9-20(17)24-11-13-25(14-12-24)21-19(8-6-10-22-21)15-23-18(2)16-26-3/h4-10,18,23H,11-16H2,1-3H3/t18-/m1/s1. The maximum atomic E-state index is 5.21. The Morgan fingerprint density at radius 2 is 1.81 bits per heavy atom. The molecule has 26 heavy (non-hydrogen) atoms. The SMILES string of the molecule is COC[C@@H](C)NCc1cccnc1N1CCN(c2ccccc2C)CC1. The molecule has 1 saturated heterocycles. The Hall–Kier alpha value is -2.11. The number of anilines is 2. The van der Waals surface area contributed by atoms with Crippen molar-refractivity contribution >= 4 is 11.5 Å². The van der Waals surface area contributed by atoms with E-state index in [4.69, 9.17) is 4.74 Å². The molecule has 0 saturated carbocycles. The minimum absolute atomic E-state index is 0.325. The van der Waals surface area contributed by atoms with Crippen LogP contribution in [0.4, 0.5) is 11.5 Å². The number of ether oxygens (including phenoxy) is 1. The first-order chi connectivity index (χ1) is 12.7. The average Bonchev–Trinajstić information content (AvgIpc) is 2.67. The number of methoxy groups -OCH3 is 1. The third-order valence-corrected chi connectivity index (χ3v) is 4.96. The van der Waals surface area contributed by atoms with E-state index in [1.807, 2.05) is 12.3 Å². The number of benzene rings is 1. The van der Waals surface area contributed by atoms with Crippen LogP contribution in [0.3, 0.4) is 0 Å². The number of nitrogens with zero attached hydrogens (tertiary/aromatic N) is 3. The van der Waals surface area contributed by atoms with E-state index in [9.17, 15) is 0 Å². The molecule has 140 valence electrons. The highest BCUT2D eigenvalue weighted by Gasteiger charge is 2.21. The third kappa shape index (κ3) is 4.54. The molecule has 2 heterocycles. The van der Waals surface area contributed by atoms with Crippen LogP contribution in [0.25, 0.3) is 0 Å². The van der Waals surface area contributed by atoms with Gasteiger partial charge in [-0.1, -0.05) is 24.3 Å². The van der Waals surface area contributed by atoms with Crippen molar-refractivity contribution in [2.45, 2.75) is 26.4 Å². The molecule has 5 nitrogen and oxygen atoms in total. The zero-order valence-electron chi connectivity index (χ0n) is 16.1. The van der Waals surface area contributed by atoms with Crippen molar-refractivity contribution < 1.29 is 4.74 Å². The van der Waals surface area contributed by atoms with Crippen molar-refractivity contribution in [2.24, 2.45) is 0 Å². The zero-order chi connectivity index (χ0) is 18.4. The molecule has 0 spiro atoms. The quantitative estimate of drug-likeness (QED) is 0.828. The Balaban J connectivity index is 1.63. The maximum Gasteiger partial charge on any atom is 0.133 e. The van der Waals surface area contributed by atoms with Crippen LogP contribution >= 0.6 is 0 Å². The van der Waals surface area contributed by atoms with E-state index in [1.54, 1.807) is 7.11 Å². The van der Waals surface area contributed by atoms with Crippen LogP contribution in [0.15, 0.2) is 42.6 Å². The van der Waals surface area contributed by atoms with Gasteiger partial charge in [0.2, 0.25) is 0 Å². The van der Waals surface area contributed by atoms with Gasteiger partial charge in [0.15, 0.2) is 0 Å². The lowest BCUT2D eigenvalue weighted by Crippen LogP contribution is -2.47. The molecular formula is C21H30N4O. The molecule has 1 N–H and O–H groups in total. The van der Waals surface area contributed by atoms with Gasteiger partial charge in [0.05, 0.1) is 6.61 Å². The second-order valence-electron chi connectivity index (χ2n) is 6.98. The summed E-state index contributed by atoms with van der Waals surface area (Å²) in [6, 6.07) is 13.1. The Morgan fingerprint density at radius 1 is 1.08 bits per heavy atom. The number of aromatic nitrogens is 1. The molecule has 1 aliphatic rings. The van der Waals surface area contributed by atoms with Gasteiger partial charge in [-0.15, -0.1) is 0 Å². The number of pyridine rings is 1. The minimum atomic E-state index is 0.325. The lowest BCUT2D eigenvalue weighted by molar-refractivity contribution is 0.171. The van der Waals surface area contributed by atoms with Gasteiger partial charge in [0.25, 0.3) is 0 Å². The van der Waals surface area contributed by atoms with Crippen molar-refractivity contribution in [3.8, 4) is 0 Å². The van der Waals surface area contributed by atoms with E-state index in [0.717, 1.165) is 38.5 Å². The molecule has 0 unspecified atom stereocenters. The lowest BCUT2D eigenvalue weighted by Gasteiger charge is -2.38. The van der Waals surface area contributed by atoms with E-state index in [1.165, 1.54) is 16.8 Å². The molecular weight excluding hydrogens is 324 g/mol. The van der Waals surface area contributed by atoms with E-state index >= 15 is 0 Å². The van der Waals surface area contributed by atoms with E-state index in [-0.39, 0.29) is 0 Å². The molecule has 1 aromatic carbocycles. The van der Waals surface area contributed by atoms with Crippen molar-refractivity contribution in [3.63, 3.8) is 0 Å². The molecule has 0 bridgehead atoms.